The van der Waals surface area contributed by atoms with E-state index < -0.39 is 25.4 Å². The fourth-order valence-electron chi connectivity index (χ4n) is 4.55. The highest BCUT2D eigenvalue weighted by Gasteiger charge is 2.57. The summed E-state index contributed by atoms with van der Waals surface area (Å²) in [4.78, 5) is 21.8. The van der Waals surface area contributed by atoms with Crippen LogP contribution in [0.5, 0.6) is 5.75 Å². The number of ether oxygens (including phenoxy) is 1. The first kappa shape index (κ1) is 23.4. The van der Waals surface area contributed by atoms with Crippen molar-refractivity contribution in [2.45, 2.75) is 55.6 Å². The Morgan fingerprint density at radius 2 is 1.94 bits per heavy atom. The van der Waals surface area contributed by atoms with E-state index in [1.54, 1.807) is 57.3 Å². The van der Waals surface area contributed by atoms with Crippen LogP contribution in [0, 0.1) is 17.8 Å². The molecule has 9 heteroatoms. The third-order valence-electron chi connectivity index (χ3n) is 7.10. The van der Waals surface area contributed by atoms with Gasteiger partial charge in [-0.1, -0.05) is 11.8 Å². The Labute approximate surface area is 205 Å². The molecule has 1 aliphatic carbocycles. The predicted molar refractivity (Wildman–Crippen MR) is 134 cm³/mol. The molecule has 0 radical (unpaired) electrons. The fourth-order valence-corrected chi connectivity index (χ4v) is 6.78. The number of sulfone groups is 1. The Kier molecular flexibility index (Phi) is 5.40. The Balaban J connectivity index is 1.45. The largest absolute Gasteiger partial charge is 0.493 e. The van der Waals surface area contributed by atoms with Crippen LogP contribution in [0.3, 0.4) is 0 Å². The number of benzene rings is 1. The van der Waals surface area contributed by atoms with Crippen LogP contribution in [0.25, 0.3) is 0 Å². The zero-order valence-corrected chi connectivity index (χ0v) is 20.8. The Hall–Kier alpha value is -3.38. The highest BCUT2D eigenvalue weighted by Crippen LogP contribution is 2.48. The molecule has 1 fully saturated rings. The summed E-state index contributed by atoms with van der Waals surface area (Å²) in [6.07, 6.45) is 4.17. The molecule has 0 spiro atoms. The van der Waals surface area contributed by atoms with Crippen molar-refractivity contribution in [3.05, 3.63) is 53.3 Å². The maximum Gasteiger partial charge on any atom is 0.274 e. The highest BCUT2D eigenvalue weighted by atomic mass is 32.2. The van der Waals surface area contributed by atoms with Gasteiger partial charge in [-0.15, -0.1) is 0 Å². The van der Waals surface area contributed by atoms with E-state index in [9.17, 15) is 13.2 Å². The van der Waals surface area contributed by atoms with E-state index in [2.05, 4.69) is 22.1 Å². The first-order chi connectivity index (χ1) is 16.5. The van der Waals surface area contributed by atoms with Crippen molar-refractivity contribution in [3.8, 4) is 17.6 Å². The number of anilines is 1. The Morgan fingerprint density at radius 1 is 1.17 bits per heavy atom. The maximum absolute atomic E-state index is 13.5. The molecule has 2 aliphatic heterocycles. The van der Waals surface area contributed by atoms with E-state index in [-0.39, 0.29) is 30.5 Å². The van der Waals surface area contributed by atoms with Crippen LogP contribution in [0.1, 0.15) is 61.6 Å². The number of nitrogens with zero attached hydrogens (tertiary/aromatic N) is 2. The summed E-state index contributed by atoms with van der Waals surface area (Å²) in [7, 11) is -3.67. The molecule has 0 bridgehead atoms. The SMILES string of the molecule is CC1(C)C(N)=N[C@]2(C)c3cc(NC(=O)c4ccc(C#CC5CC5)cn4)ccc3OCC[C@H]2S1(=O)=O. The summed E-state index contributed by atoms with van der Waals surface area (Å²) in [5.74, 6) is 6.94. The van der Waals surface area contributed by atoms with Gasteiger partial charge in [0.15, 0.2) is 9.84 Å². The van der Waals surface area contributed by atoms with Crippen LogP contribution < -0.4 is 15.8 Å². The third-order valence-corrected chi connectivity index (χ3v) is 10.2. The first-order valence-electron chi connectivity index (χ1n) is 11.7. The van der Waals surface area contributed by atoms with Gasteiger partial charge in [-0.2, -0.15) is 0 Å². The summed E-state index contributed by atoms with van der Waals surface area (Å²) < 4.78 is 31.6. The van der Waals surface area contributed by atoms with Gasteiger partial charge >= 0.3 is 0 Å². The molecule has 182 valence electrons. The summed E-state index contributed by atoms with van der Waals surface area (Å²) >= 11 is 0. The van der Waals surface area contributed by atoms with Crippen molar-refractivity contribution < 1.29 is 17.9 Å². The molecule has 1 amide bonds. The van der Waals surface area contributed by atoms with Gasteiger partial charge < -0.3 is 15.8 Å². The molecule has 2 aromatic rings. The van der Waals surface area contributed by atoms with Crippen LogP contribution in [0.2, 0.25) is 0 Å². The molecule has 3 heterocycles. The zero-order valence-electron chi connectivity index (χ0n) is 20.0. The second-order valence-electron chi connectivity index (χ2n) is 9.97. The summed E-state index contributed by atoms with van der Waals surface area (Å²) in [6.45, 7) is 5.17. The predicted octanol–water partition coefficient (Wildman–Crippen LogP) is 3.03. The number of carbonyl (C=O) groups excluding carboxylic acids is 1. The molecule has 1 saturated carbocycles. The highest BCUT2D eigenvalue weighted by molar-refractivity contribution is 7.94. The molecule has 35 heavy (non-hydrogen) atoms. The molecule has 5 rings (SSSR count). The van der Waals surface area contributed by atoms with Gasteiger partial charge in [-0.25, -0.2) is 13.4 Å². The number of nitrogens with two attached hydrogens (primary N) is 1. The van der Waals surface area contributed by atoms with Gasteiger partial charge in [0.05, 0.1) is 11.9 Å². The van der Waals surface area contributed by atoms with Crippen LogP contribution in [-0.4, -0.2) is 41.7 Å². The standard InChI is InChI=1S/C26H28N4O4S/c1-25(2)24(27)30-26(3)19-14-18(9-11-21(19)34-13-12-22(26)35(25,32)33)29-23(31)20-10-8-17(15-28-20)7-6-16-4-5-16/h8-11,14-16,22H,4-5,12-13H2,1-3H3,(H2,27,30)(H,29,31)/t22-,26-/m1/s1. The number of rotatable bonds is 2. The average Bonchev–Trinajstić information content (AvgIpc) is 3.65. The molecule has 3 N–H and O–H groups in total. The van der Waals surface area contributed by atoms with E-state index in [4.69, 9.17) is 15.5 Å². The van der Waals surface area contributed by atoms with Gasteiger partial charge in [-0.3, -0.25) is 9.79 Å². The van der Waals surface area contributed by atoms with Gasteiger partial charge in [0, 0.05) is 35.3 Å². The lowest BCUT2D eigenvalue weighted by Crippen LogP contribution is -2.59. The van der Waals surface area contributed by atoms with Crippen molar-refractivity contribution >= 4 is 27.3 Å². The second kappa shape index (κ2) is 8.09. The van der Waals surface area contributed by atoms with E-state index >= 15 is 0 Å². The number of amides is 1. The minimum Gasteiger partial charge on any atom is -0.493 e. The second-order valence-corrected chi connectivity index (χ2v) is 12.6. The average molecular weight is 493 g/mol. The molecule has 2 atom stereocenters. The number of aliphatic imine (C=N–C) groups is 1. The Morgan fingerprint density at radius 3 is 2.63 bits per heavy atom. The number of amidine groups is 1. The lowest BCUT2D eigenvalue weighted by atomic mass is 9.86. The van der Waals surface area contributed by atoms with Gasteiger partial charge in [0.1, 0.15) is 27.6 Å². The van der Waals surface area contributed by atoms with Crippen molar-refractivity contribution in [1.82, 2.24) is 4.98 Å². The topological polar surface area (TPSA) is 124 Å². The van der Waals surface area contributed by atoms with Gasteiger partial charge in [0.25, 0.3) is 5.91 Å². The maximum atomic E-state index is 13.5. The summed E-state index contributed by atoms with van der Waals surface area (Å²) in [5, 5.41) is 2.04. The van der Waals surface area contributed by atoms with E-state index in [1.165, 1.54) is 0 Å². The third kappa shape index (κ3) is 3.96. The van der Waals surface area contributed by atoms with Crippen LogP contribution in [0.15, 0.2) is 41.5 Å². The number of fused-ring (bicyclic) bond motifs is 3. The molecule has 0 saturated heterocycles. The minimum atomic E-state index is -3.67. The molecular formula is C26H28N4O4S. The molecule has 8 nitrogen and oxygen atoms in total. The molecule has 0 unspecified atom stereocenters. The van der Waals surface area contributed by atoms with Crippen molar-refractivity contribution in [2.75, 3.05) is 11.9 Å². The van der Waals surface area contributed by atoms with Crippen molar-refractivity contribution in [2.24, 2.45) is 16.6 Å². The monoisotopic (exact) mass is 492 g/mol. The van der Waals surface area contributed by atoms with Crippen LogP contribution in [0.4, 0.5) is 5.69 Å². The molecule has 1 aromatic heterocycles. The lowest BCUT2D eigenvalue weighted by Gasteiger charge is -2.43. The normalized spacial score (nSPS) is 25.9. The smallest absolute Gasteiger partial charge is 0.274 e. The number of nitrogens with one attached hydrogen (secondary N) is 1. The summed E-state index contributed by atoms with van der Waals surface area (Å²) in [6, 6.07) is 8.56. The molecular weight excluding hydrogens is 464 g/mol. The molecule has 1 aromatic carbocycles. The lowest BCUT2D eigenvalue weighted by molar-refractivity contribution is 0.102. The quantitative estimate of drug-likeness (QED) is 0.621. The van der Waals surface area contributed by atoms with E-state index in [1.807, 2.05) is 0 Å². The van der Waals surface area contributed by atoms with Crippen LogP contribution in [-0.2, 0) is 15.4 Å². The first-order valence-corrected chi connectivity index (χ1v) is 13.2. The van der Waals surface area contributed by atoms with Crippen LogP contribution >= 0.6 is 0 Å². The van der Waals surface area contributed by atoms with E-state index in [0.29, 0.717) is 22.9 Å². The van der Waals surface area contributed by atoms with Crippen molar-refractivity contribution in [1.29, 1.82) is 0 Å². The number of aromatic nitrogens is 1. The minimum absolute atomic E-state index is 0.0626. The number of hydrogen-bond acceptors (Lipinski definition) is 7. The number of carbonyl (C=O) groups is 1. The van der Waals surface area contributed by atoms with E-state index in [0.717, 1.165) is 18.4 Å². The zero-order chi connectivity index (χ0) is 25.0. The van der Waals surface area contributed by atoms with Gasteiger partial charge in [0.2, 0.25) is 0 Å². The van der Waals surface area contributed by atoms with Crippen molar-refractivity contribution in [3.63, 3.8) is 0 Å². The van der Waals surface area contributed by atoms with Gasteiger partial charge in [-0.05, 0) is 63.9 Å². The molecule has 3 aliphatic rings. The number of pyridine rings is 1. The Bertz CT molecular complexity index is 1400. The summed E-state index contributed by atoms with van der Waals surface area (Å²) in [5.41, 5.74) is 7.10. The fraction of sp³-hybridized carbons (Fsp3) is 0.423. The number of hydrogen-bond donors (Lipinski definition) is 2.